The van der Waals surface area contributed by atoms with E-state index < -0.39 is 0 Å². The Balaban J connectivity index is 1.97. The van der Waals surface area contributed by atoms with Crippen LogP contribution in [-0.4, -0.2) is 14.5 Å². The van der Waals surface area contributed by atoms with Crippen molar-refractivity contribution in [3.8, 4) is 28.5 Å². The van der Waals surface area contributed by atoms with E-state index in [0.717, 1.165) is 33.1 Å². The second-order valence-corrected chi connectivity index (χ2v) is 5.24. The van der Waals surface area contributed by atoms with Gasteiger partial charge in [0.2, 0.25) is 0 Å². The first-order valence-electron chi connectivity index (χ1n) is 6.24. The number of ether oxygens (including phenoxy) is 1. The highest BCUT2D eigenvalue weighted by atomic mass is 79.9. The van der Waals surface area contributed by atoms with E-state index in [1.54, 1.807) is 6.20 Å². The van der Waals surface area contributed by atoms with Crippen molar-refractivity contribution in [3.63, 3.8) is 0 Å². The summed E-state index contributed by atoms with van der Waals surface area (Å²) in [5.74, 6) is 1.61. The van der Waals surface area contributed by atoms with Crippen LogP contribution in [0.25, 0.3) is 22.8 Å². The Morgan fingerprint density at radius 1 is 1.10 bits per heavy atom. The van der Waals surface area contributed by atoms with Gasteiger partial charge in [0.15, 0.2) is 18.3 Å². The van der Waals surface area contributed by atoms with Crippen LogP contribution in [0.4, 0.5) is 0 Å². The maximum Gasteiger partial charge on any atom is 0.167 e. The highest BCUT2D eigenvalue weighted by Crippen LogP contribution is 2.38. The Kier molecular flexibility index (Phi) is 2.60. The van der Waals surface area contributed by atoms with Crippen LogP contribution < -0.4 is 4.74 Å². The van der Waals surface area contributed by atoms with Gasteiger partial charge >= 0.3 is 0 Å². The van der Waals surface area contributed by atoms with Gasteiger partial charge in [-0.25, -0.2) is 9.97 Å². The molecule has 1 aliphatic rings. The Morgan fingerprint density at radius 2 is 1.95 bits per heavy atom. The molecule has 1 aliphatic heterocycles. The smallest absolute Gasteiger partial charge is 0.167 e. The Labute approximate surface area is 124 Å². The number of hydrogen-bond acceptors (Lipinski definition) is 3. The highest BCUT2D eigenvalue weighted by Gasteiger charge is 2.25. The fourth-order valence-electron chi connectivity index (χ4n) is 2.41. The summed E-state index contributed by atoms with van der Waals surface area (Å²) in [7, 11) is 0. The van der Waals surface area contributed by atoms with Crippen LogP contribution in [-0.2, 0) is 6.73 Å². The predicted octanol–water partition coefficient (Wildman–Crippen LogP) is 3.72. The lowest BCUT2D eigenvalue weighted by Crippen LogP contribution is -2.14. The Morgan fingerprint density at radius 3 is 2.80 bits per heavy atom. The minimum absolute atomic E-state index is 0.441. The van der Waals surface area contributed by atoms with Crippen molar-refractivity contribution < 1.29 is 4.74 Å². The zero-order valence-electron chi connectivity index (χ0n) is 10.5. The summed E-state index contributed by atoms with van der Waals surface area (Å²) in [4.78, 5) is 8.99. The van der Waals surface area contributed by atoms with Gasteiger partial charge in [-0.05, 0) is 28.1 Å². The summed E-state index contributed by atoms with van der Waals surface area (Å²) in [6.07, 6.45) is 1.75. The minimum atomic E-state index is 0.441. The van der Waals surface area contributed by atoms with Crippen molar-refractivity contribution in [2.75, 3.05) is 0 Å². The molecule has 0 radical (unpaired) electrons. The highest BCUT2D eigenvalue weighted by molar-refractivity contribution is 9.10. The minimum Gasteiger partial charge on any atom is -0.470 e. The second-order valence-electron chi connectivity index (χ2n) is 4.49. The first kappa shape index (κ1) is 11.7. The molecular weight excluding hydrogens is 318 g/mol. The number of nitrogens with zero attached hydrogens (tertiary/aromatic N) is 3. The molecule has 0 atom stereocenters. The number of benzene rings is 1. The molecule has 0 spiro atoms. The van der Waals surface area contributed by atoms with E-state index in [1.807, 2.05) is 34.9 Å². The topological polar surface area (TPSA) is 39.9 Å². The van der Waals surface area contributed by atoms with Gasteiger partial charge in [-0.3, -0.25) is 4.57 Å². The van der Waals surface area contributed by atoms with Crippen LogP contribution in [0.2, 0.25) is 0 Å². The molecule has 0 fully saturated rings. The third kappa shape index (κ3) is 1.67. The van der Waals surface area contributed by atoms with Gasteiger partial charge < -0.3 is 4.74 Å². The lowest BCUT2D eigenvalue weighted by atomic mass is 10.2. The van der Waals surface area contributed by atoms with Crippen molar-refractivity contribution in [1.29, 1.82) is 0 Å². The van der Waals surface area contributed by atoms with Crippen molar-refractivity contribution in [2.24, 2.45) is 0 Å². The normalized spacial score (nSPS) is 12.4. The molecule has 0 N–H and O–H groups in total. The molecule has 0 saturated carbocycles. The number of fused-ring (bicyclic) bond motifs is 3. The molecule has 0 aliphatic carbocycles. The van der Waals surface area contributed by atoms with Gasteiger partial charge in [-0.2, -0.15) is 0 Å². The third-order valence-electron chi connectivity index (χ3n) is 3.30. The van der Waals surface area contributed by atoms with Gasteiger partial charge in [0.05, 0.1) is 5.69 Å². The molecule has 20 heavy (non-hydrogen) atoms. The molecule has 0 bridgehead atoms. The van der Waals surface area contributed by atoms with E-state index in [-0.39, 0.29) is 0 Å². The van der Waals surface area contributed by atoms with Gasteiger partial charge in [0.25, 0.3) is 0 Å². The molecule has 3 heterocycles. The summed E-state index contributed by atoms with van der Waals surface area (Å²) in [5.41, 5.74) is 2.89. The fourth-order valence-corrected chi connectivity index (χ4v) is 3.02. The predicted molar refractivity (Wildman–Crippen MR) is 79.2 cm³/mol. The lowest BCUT2D eigenvalue weighted by molar-refractivity contribution is 0.230. The van der Waals surface area contributed by atoms with Crippen LogP contribution in [0.5, 0.6) is 5.75 Å². The van der Waals surface area contributed by atoms with Crippen LogP contribution in [0, 0.1) is 0 Å². The molecule has 0 saturated heterocycles. The number of hydrogen-bond donors (Lipinski definition) is 0. The van der Waals surface area contributed by atoms with Crippen LogP contribution in [0.1, 0.15) is 0 Å². The summed E-state index contributed by atoms with van der Waals surface area (Å²) in [6.45, 7) is 0.441. The van der Waals surface area contributed by atoms with Crippen molar-refractivity contribution in [3.05, 3.63) is 53.3 Å². The first-order valence-corrected chi connectivity index (χ1v) is 7.03. The second kappa shape index (κ2) is 4.45. The van der Waals surface area contributed by atoms with Gasteiger partial charge in [-0.15, -0.1) is 0 Å². The standard InChI is InChI=1S/C15H10BrN3O/c16-14-13(10-5-2-1-3-6-10)19-9-20-11-7-4-8-17-12(11)15(19)18-14/h1-8H,9H2. The van der Waals surface area contributed by atoms with Gasteiger partial charge in [0, 0.05) is 11.8 Å². The maximum absolute atomic E-state index is 5.77. The first-order chi connectivity index (χ1) is 9.84. The molecule has 0 amide bonds. The molecule has 5 heteroatoms. The average Bonchev–Trinajstić information content (AvgIpc) is 2.84. The average molecular weight is 328 g/mol. The fraction of sp³-hybridized carbons (Fsp3) is 0.0667. The van der Waals surface area contributed by atoms with Crippen molar-refractivity contribution >= 4 is 15.9 Å². The number of pyridine rings is 1. The van der Waals surface area contributed by atoms with E-state index in [1.165, 1.54) is 0 Å². The molecule has 1 aromatic carbocycles. The summed E-state index contributed by atoms with van der Waals surface area (Å²) in [6, 6.07) is 13.9. The lowest BCUT2D eigenvalue weighted by Gasteiger charge is -2.19. The van der Waals surface area contributed by atoms with Gasteiger partial charge in [0.1, 0.15) is 10.3 Å². The van der Waals surface area contributed by atoms with E-state index in [4.69, 9.17) is 4.74 Å². The van der Waals surface area contributed by atoms with E-state index in [9.17, 15) is 0 Å². The zero-order chi connectivity index (χ0) is 13.5. The monoisotopic (exact) mass is 327 g/mol. The molecule has 0 unspecified atom stereocenters. The molecular formula is C15H10BrN3O. The molecule has 3 aromatic rings. The van der Waals surface area contributed by atoms with Gasteiger partial charge in [-0.1, -0.05) is 30.3 Å². The van der Waals surface area contributed by atoms with Crippen LogP contribution in [0.3, 0.4) is 0 Å². The summed E-state index contributed by atoms with van der Waals surface area (Å²) >= 11 is 3.55. The zero-order valence-corrected chi connectivity index (χ0v) is 12.0. The maximum atomic E-state index is 5.77. The van der Waals surface area contributed by atoms with E-state index in [2.05, 4.69) is 38.0 Å². The molecule has 2 aromatic heterocycles. The number of aromatic nitrogens is 3. The molecule has 4 nitrogen and oxygen atoms in total. The van der Waals surface area contributed by atoms with Crippen molar-refractivity contribution in [1.82, 2.24) is 14.5 Å². The SMILES string of the molecule is Brc1nc2n(c1-c1ccccc1)COc1cccnc1-2. The number of rotatable bonds is 1. The summed E-state index contributed by atoms with van der Waals surface area (Å²) < 4.78 is 8.61. The quantitative estimate of drug-likeness (QED) is 0.683. The third-order valence-corrected chi connectivity index (χ3v) is 3.86. The van der Waals surface area contributed by atoms with Crippen LogP contribution in [0.15, 0.2) is 53.3 Å². The Bertz CT molecular complexity index is 783. The molecule has 98 valence electrons. The number of halogens is 1. The largest absolute Gasteiger partial charge is 0.470 e. The summed E-state index contributed by atoms with van der Waals surface area (Å²) in [5, 5.41) is 0. The number of imidazole rings is 1. The van der Waals surface area contributed by atoms with Crippen LogP contribution >= 0.6 is 15.9 Å². The molecule has 4 rings (SSSR count). The Hall–Kier alpha value is -2.14. The van der Waals surface area contributed by atoms with Crippen molar-refractivity contribution in [2.45, 2.75) is 6.73 Å². The van der Waals surface area contributed by atoms with E-state index in [0.29, 0.717) is 6.73 Å². The van der Waals surface area contributed by atoms with E-state index >= 15 is 0 Å².